The summed E-state index contributed by atoms with van der Waals surface area (Å²) in [5.74, 6) is -0.843. The molecule has 5 aliphatic carbocycles. The molecule has 0 aromatic heterocycles. The minimum Gasteiger partial charge on any atom is -0.481 e. The van der Waals surface area contributed by atoms with Crippen LogP contribution in [0.25, 0.3) is 0 Å². The van der Waals surface area contributed by atoms with E-state index >= 15 is 0 Å². The normalized spacial score (nSPS) is 54.0. The lowest BCUT2D eigenvalue weighted by Crippen LogP contribution is -2.68. The molecular weight excluding hydrogens is 700 g/mol. The summed E-state index contributed by atoms with van der Waals surface area (Å²) in [4.78, 5) is 25.3. The number of allylic oxidation sites excluding steroid dienone is 1. The standard InChI is InChI=1S/C41H64O13/c1-19(2)20-10-15-41(36(49)50)17-16-39(6)21(26(20)41)8-9-24-38(5)13-12-25(37(3,4)23(38)11-14-40(24,39)7)52-35-30(46)31(29(45)32(54-35)33(47)48)53-34-28(44)27(43)22(42)18-51-34/h20-32,34-35,42-46H,1,8-18H2,2-7H3,(H,47,48)(H,49,50). The Labute approximate surface area is 318 Å². The summed E-state index contributed by atoms with van der Waals surface area (Å²) >= 11 is 0. The highest BCUT2D eigenvalue weighted by molar-refractivity contribution is 5.76. The van der Waals surface area contributed by atoms with E-state index in [2.05, 4.69) is 48.1 Å². The maximum Gasteiger partial charge on any atom is 0.335 e. The molecule has 0 aromatic carbocycles. The first-order chi connectivity index (χ1) is 25.2. The van der Waals surface area contributed by atoms with E-state index in [4.69, 9.17) is 18.9 Å². The van der Waals surface area contributed by atoms with E-state index < -0.39 is 84.2 Å². The Kier molecular flexibility index (Phi) is 10.3. The summed E-state index contributed by atoms with van der Waals surface area (Å²) in [6.45, 7) is 17.8. The van der Waals surface area contributed by atoms with Crippen LogP contribution in [0.4, 0.5) is 0 Å². The largest absolute Gasteiger partial charge is 0.481 e. The molecule has 7 fully saturated rings. The van der Waals surface area contributed by atoms with Crippen molar-refractivity contribution in [2.24, 2.45) is 56.7 Å². The van der Waals surface area contributed by atoms with Crippen LogP contribution >= 0.6 is 0 Å². The van der Waals surface area contributed by atoms with Crippen molar-refractivity contribution in [1.82, 2.24) is 0 Å². The fourth-order valence-corrected chi connectivity index (χ4v) is 14.3. The van der Waals surface area contributed by atoms with Gasteiger partial charge < -0.3 is 54.7 Å². The molecule has 5 saturated carbocycles. The number of carbonyl (C=O) groups is 2. The highest BCUT2D eigenvalue weighted by Gasteiger charge is 2.72. The van der Waals surface area contributed by atoms with Gasteiger partial charge in [0.1, 0.15) is 36.6 Å². The molecule has 7 rings (SSSR count). The van der Waals surface area contributed by atoms with Crippen molar-refractivity contribution in [1.29, 1.82) is 0 Å². The Bertz CT molecular complexity index is 1490. The number of aliphatic hydroxyl groups is 5. The Hall–Kier alpha value is -1.68. The summed E-state index contributed by atoms with van der Waals surface area (Å²) in [6, 6.07) is 0. The molecule has 2 heterocycles. The second-order valence-corrected chi connectivity index (χ2v) is 19.7. The zero-order valence-corrected chi connectivity index (χ0v) is 32.7. The third kappa shape index (κ3) is 5.72. The number of aliphatic hydroxyl groups excluding tert-OH is 5. The second kappa shape index (κ2) is 13.7. The Morgan fingerprint density at radius 1 is 0.722 bits per heavy atom. The minimum absolute atomic E-state index is 0.00524. The van der Waals surface area contributed by atoms with Crippen LogP contribution in [-0.4, -0.2) is 116 Å². The number of hydrogen-bond donors (Lipinski definition) is 7. The van der Waals surface area contributed by atoms with Crippen LogP contribution in [0, 0.1) is 56.7 Å². The Morgan fingerprint density at radius 2 is 1.43 bits per heavy atom. The van der Waals surface area contributed by atoms with Crippen molar-refractivity contribution in [2.75, 3.05) is 6.61 Å². The van der Waals surface area contributed by atoms with E-state index in [-0.39, 0.29) is 40.6 Å². The molecule has 306 valence electrons. The SMILES string of the molecule is C=C(C)C1CCC2(C(=O)O)CCC3(C)C(CCC4C5(C)CCC(OC6OC(C(=O)O)C(O)C(OC7OCC(O)C(O)C7O)C6O)C(C)(C)C5CCC43C)C12. The number of aliphatic carboxylic acids is 2. The number of fused-ring (bicyclic) bond motifs is 7. The minimum atomic E-state index is -1.86. The quantitative estimate of drug-likeness (QED) is 0.146. The maximum atomic E-state index is 13.0. The number of hydrogen-bond acceptors (Lipinski definition) is 11. The van der Waals surface area contributed by atoms with E-state index in [1.165, 1.54) is 0 Å². The fraction of sp³-hybridized carbons (Fsp3) is 0.902. The van der Waals surface area contributed by atoms with Gasteiger partial charge in [-0.1, -0.05) is 46.8 Å². The number of ether oxygens (including phenoxy) is 4. The molecule has 7 N–H and O–H groups in total. The van der Waals surface area contributed by atoms with Crippen LogP contribution in [0.1, 0.15) is 106 Å². The molecule has 0 aromatic rings. The molecule has 13 heteroatoms. The van der Waals surface area contributed by atoms with Crippen LogP contribution < -0.4 is 0 Å². The zero-order valence-electron chi connectivity index (χ0n) is 32.7. The lowest BCUT2D eigenvalue weighted by atomic mass is 9.32. The highest BCUT2D eigenvalue weighted by Crippen LogP contribution is 2.77. The molecule has 0 bridgehead atoms. The van der Waals surface area contributed by atoms with E-state index in [0.29, 0.717) is 24.7 Å². The van der Waals surface area contributed by atoms with Crippen LogP contribution in [0.3, 0.4) is 0 Å². The molecule has 2 aliphatic heterocycles. The van der Waals surface area contributed by atoms with Crippen molar-refractivity contribution in [3.05, 3.63) is 12.2 Å². The fourth-order valence-electron chi connectivity index (χ4n) is 14.3. The lowest BCUT2D eigenvalue weighted by molar-refractivity contribution is -0.357. The van der Waals surface area contributed by atoms with E-state index in [9.17, 15) is 45.3 Å². The van der Waals surface area contributed by atoms with Crippen LogP contribution in [0.2, 0.25) is 0 Å². The molecule has 0 amide bonds. The summed E-state index contributed by atoms with van der Waals surface area (Å²) < 4.78 is 23.4. The number of rotatable bonds is 7. The van der Waals surface area contributed by atoms with Gasteiger partial charge in [-0.15, -0.1) is 0 Å². The molecule has 19 atom stereocenters. The summed E-state index contributed by atoms with van der Waals surface area (Å²) in [6.07, 6.45) is -6.46. The monoisotopic (exact) mass is 764 g/mol. The number of carboxylic acids is 2. The van der Waals surface area contributed by atoms with Gasteiger partial charge in [0.15, 0.2) is 18.7 Å². The zero-order chi connectivity index (χ0) is 39.5. The summed E-state index contributed by atoms with van der Waals surface area (Å²) in [5.41, 5.74) is -0.0478. The van der Waals surface area contributed by atoms with Crippen LogP contribution in [0.5, 0.6) is 0 Å². The second-order valence-electron chi connectivity index (χ2n) is 19.7. The Morgan fingerprint density at radius 3 is 2.07 bits per heavy atom. The molecule has 7 aliphatic rings. The van der Waals surface area contributed by atoms with Gasteiger partial charge in [-0.05, 0) is 122 Å². The molecule has 0 radical (unpaired) electrons. The highest BCUT2D eigenvalue weighted by atomic mass is 16.7. The van der Waals surface area contributed by atoms with Crippen LogP contribution in [-0.2, 0) is 28.5 Å². The van der Waals surface area contributed by atoms with Crippen molar-refractivity contribution in [3.8, 4) is 0 Å². The van der Waals surface area contributed by atoms with Crippen LogP contribution in [0.15, 0.2) is 12.2 Å². The van der Waals surface area contributed by atoms with Gasteiger partial charge in [-0.2, -0.15) is 0 Å². The van der Waals surface area contributed by atoms with Gasteiger partial charge in [-0.25, -0.2) is 4.79 Å². The van der Waals surface area contributed by atoms with E-state index in [1.807, 2.05) is 0 Å². The Balaban J connectivity index is 1.11. The van der Waals surface area contributed by atoms with Gasteiger partial charge in [0, 0.05) is 0 Å². The molecule has 2 saturated heterocycles. The molecule has 0 spiro atoms. The van der Waals surface area contributed by atoms with Crippen molar-refractivity contribution < 1.29 is 64.3 Å². The molecule has 19 unspecified atom stereocenters. The first-order valence-electron chi connectivity index (χ1n) is 20.3. The van der Waals surface area contributed by atoms with E-state index in [1.54, 1.807) is 0 Å². The van der Waals surface area contributed by atoms with Gasteiger partial charge in [-0.3, -0.25) is 4.79 Å². The summed E-state index contributed by atoms with van der Waals surface area (Å²) in [5, 5.41) is 73.6. The van der Waals surface area contributed by atoms with Gasteiger partial charge in [0.05, 0.1) is 18.1 Å². The van der Waals surface area contributed by atoms with E-state index in [0.717, 1.165) is 56.9 Å². The molecular formula is C41H64O13. The molecule has 54 heavy (non-hydrogen) atoms. The predicted molar refractivity (Wildman–Crippen MR) is 192 cm³/mol. The van der Waals surface area contributed by atoms with Gasteiger partial charge >= 0.3 is 11.9 Å². The smallest absolute Gasteiger partial charge is 0.335 e. The first-order valence-corrected chi connectivity index (χ1v) is 20.3. The topological polar surface area (TPSA) is 213 Å². The third-order valence-electron chi connectivity index (χ3n) is 17.3. The lowest BCUT2D eigenvalue weighted by Gasteiger charge is -2.73. The summed E-state index contributed by atoms with van der Waals surface area (Å²) in [7, 11) is 0. The van der Waals surface area contributed by atoms with Crippen molar-refractivity contribution in [2.45, 2.75) is 167 Å². The van der Waals surface area contributed by atoms with Crippen molar-refractivity contribution >= 4 is 11.9 Å². The third-order valence-corrected chi connectivity index (χ3v) is 17.3. The first kappa shape index (κ1) is 40.5. The predicted octanol–water partition coefficient (Wildman–Crippen LogP) is 3.47. The maximum absolute atomic E-state index is 13.0. The molecule has 13 nitrogen and oxygen atoms in total. The van der Waals surface area contributed by atoms with Gasteiger partial charge in [0.2, 0.25) is 0 Å². The average molecular weight is 765 g/mol. The van der Waals surface area contributed by atoms with Crippen molar-refractivity contribution in [3.63, 3.8) is 0 Å². The number of carboxylic acid groups (broad SMARTS) is 2. The van der Waals surface area contributed by atoms with Gasteiger partial charge in [0.25, 0.3) is 0 Å². The average Bonchev–Trinajstić information content (AvgIpc) is 3.50.